The van der Waals surface area contributed by atoms with Gasteiger partial charge in [0.15, 0.2) is 0 Å². The van der Waals surface area contributed by atoms with Crippen LogP contribution in [-0.4, -0.2) is 5.11 Å². The molecule has 0 atom stereocenters. The third-order valence-corrected chi connectivity index (χ3v) is 2.79. The Balaban J connectivity index is 2.50. The SMILES string of the molecule is CCCCCCCc1oc(=O)cc(O)c1C. The Morgan fingerprint density at radius 1 is 1.25 bits per heavy atom. The summed E-state index contributed by atoms with van der Waals surface area (Å²) in [5.74, 6) is 0.668. The molecule has 0 aromatic carbocycles. The predicted molar refractivity (Wildman–Crippen MR) is 63.8 cm³/mol. The maximum atomic E-state index is 11.1. The smallest absolute Gasteiger partial charge is 0.339 e. The van der Waals surface area contributed by atoms with Crippen molar-refractivity contribution >= 4 is 0 Å². The number of hydrogen-bond acceptors (Lipinski definition) is 3. The molecule has 1 aromatic heterocycles. The maximum absolute atomic E-state index is 11.1. The van der Waals surface area contributed by atoms with E-state index in [1.807, 2.05) is 0 Å². The fourth-order valence-corrected chi connectivity index (χ4v) is 1.72. The highest BCUT2D eigenvalue weighted by Gasteiger charge is 2.07. The largest absolute Gasteiger partial charge is 0.507 e. The minimum absolute atomic E-state index is 0.0415. The van der Waals surface area contributed by atoms with Gasteiger partial charge in [-0.1, -0.05) is 32.6 Å². The summed E-state index contributed by atoms with van der Waals surface area (Å²) in [6.45, 7) is 3.96. The van der Waals surface area contributed by atoms with E-state index in [2.05, 4.69) is 6.92 Å². The first-order valence-electron chi connectivity index (χ1n) is 5.97. The zero-order valence-electron chi connectivity index (χ0n) is 10.1. The molecule has 1 heterocycles. The summed E-state index contributed by atoms with van der Waals surface area (Å²) in [5, 5.41) is 9.46. The summed E-state index contributed by atoms with van der Waals surface area (Å²) < 4.78 is 5.08. The second-order valence-electron chi connectivity index (χ2n) is 4.16. The van der Waals surface area contributed by atoms with Gasteiger partial charge in [-0.15, -0.1) is 0 Å². The number of hydrogen-bond donors (Lipinski definition) is 1. The Kier molecular flexibility index (Phi) is 5.09. The van der Waals surface area contributed by atoms with Gasteiger partial charge < -0.3 is 9.52 Å². The van der Waals surface area contributed by atoms with Gasteiger partial charge in [-0.25, -0.2) is 4.79 Å². The molecule has 0 fully saturated rings. The molecule has 0 unspecified atom stereocenters. The molecular weight excluding hydrogens is 204 g/mol. The van der Waals surface area contributed by atoms with Crippen LogP contribution in [-0.2, 0) is 6.42 Å². The van der Waals surface area contributed by atoms with E-state index in [4.69, 9.17) is 4.42 Å². The van der Waals surface area contributed by atoms with Crippen LogP contribution in [0.5, 0.6) is 5.75 Å². The van der Waals surface area contributed by atoms with Crippen molar-refractivity contribution in [2.45, 2.75) is 52.4 Å². The lowest BCUT2D eigenvalue weighted by molar-refractivity contribution is 0.411. The molecule has 0 aliphatic heterocycles. The number of aromatic hydroxyl groups is 1. The fourth-order valence-electron chi connectivity index (χ4n) is 1.72. The van der Waals surface area contributed by atoms with Crippen molar-refractivity contribution < 1.29 is 9.52 Å². The summed E-state index contributed by atoms with van der Waals surface area (Å²) in [6, 6.07) is 1.12. The highest BCUT2D eigenvalue weighted by molar-refractivity contribution is 5.31. The van der Waals surface area contributed by atoms with Crippen LogP contribution in [0, 0.1) is 6.92 Å². The molecule has 1 N–H and O–H groups in total. The highest BCUT2D eigenvalue weighted by Crippen LogP contribution is 2.19. The minimum Gasteiger partial charge on any atom is -0.507 e. The van der Waals surface area contributed by atoms with Crippen LogP contribution in [0.1, 0.15) is 50.4 Å². The lowest BCUT2D eigenvalue weighted by atomic mass is 10.1. The molecule has 1 rings (SSSR count). The minimum atomic E-state index is -0.466. The molecule has 0 aliphatic carbocycles. The van der Waals surface area contributed by atoms with Gasteiger partial charge in [0.2, 0.25) is 0 Å². The molecule has 0 saturated carbocycles. The standard InChI is InChI=1S/C13H20O3/c1-3-4-5-6-7-8-12-10(2)11(14)9-13(15)16-12/h9,14H,3-8H2,1-2H3. The maximum Gasteiger partial charge on any atom is 0.339 e. The van der Waals surface area contributed by atoms with E-state index in [0.717, 1.165) is 25.3 Å². The molecule has 16 heavy (non-hydrogen) atoms. The number of rotatable bonds is 6. The van der Waals surface area contributed by atoms with Crippen LogP contribution >= 0.6 is 0 Å². The van der Waals surface area contributed by atoms with Crippen LogP contribution < -0.4 is 5.63 Å². The zero-order valence-corrected chi connectivity index (χ0v) is 10.1. The highest BCUT2D eigenvalue weighted by atomic mass is 16.4. The van der Waals surface area contributed by atoms with Gasteiger partial charge in [0.25, 0.3) is 0 Å². The normalized spacial score (nSPS) is 10.6. The summed E-state index contributed by atoms with van der Waals surface area (Å²) >= 11 is 0. The van der Waals surface area contributed by atoms with Crippen LogP contribution in [0.2, 0.25) is 0 Å². The Labute approximate surface area is 96.1 Å². The first-order chi connectivity index (χ1) is 7.65. The van der Waals surface area contributed by atoms with Crippen LogP contribution in [0.4, 0.5) is 0 Å². The average molecular weight is 224 g/mol. The van der Waals surface area contributed by atoms with Crippen molar-refractivity contribution in [3.63, 3.8) is 0 Å². The van der Waals surface area contributed by atoms with Crippen molar-refractivity contribution in [2.75, 3.05) is 0 Å². The zero-order chi connectivity index (χ0) is 12.0. The quantitative estimate of drug-likeness (QED) is 0.755. The van der Waals surface area contributed by atoms with E-state index in [1.165, 1.54) is 19.3 Å². The van der Waals surface area contributed by atoms with Crippen molar-refractivity contribution in [3.05, 3.63) is 27.8 Å². The van der Waals surface area contributed by atoms with Gasteiger partial charge in [-0.05, 0) is 13.3 Å². The van der Waals surface area contributed by atoms with E-state index in [0.29, 0.717) is 11.3 Å². The summed E-state index contributed by atoms with van der Waals surface area (Å²) in [4.78, 5) is 11.1. The first kappa shape index (κ1) is 12.8. The summed E-state index contributed by atoms with van der Waals surface area (Å²) in [7, 11) is 0. The van der Waals surface area contributed by atoms with Crippen molar-refractivity contribution in [1.29, 1.82) is 0 Å². The topological polar surface area (TPSA) is 50.4 Å². The molecule has 1 aromatic rings. The second kappa shape index (κ2) is 6.36. The lowest BCUT2D eigenvalue weighted by Gasteiger charge is -2.05. The van der Waals surface area contributed by atoms with Crippen molar-refractivity contribution in [1.82, 2.24) is 0 Å². The fraction of sp³-hybridized carbons (Fsp3) is 0.615. The summed E-state index contributed by atoms with van der Waals surface area (Å²) in [6.07, 6.45) is 6.58. The van der Waals surface area contributed by atoms with E-state index in [-0.39, 0.29) is 5.75 Å². The van der Waals surface area contributed by atoms with E-state index >= 15 is 0 Å². The molecule has 3 nitrogen and oxygen atoms in total. The second-order valence-corrected chi connectivity index (χ2v) is 4.16. The van der Waals surface area contributed by atoms with Gasteiger partial charge in [0.05, 0.1) is 6.07 Å². The first-order valence-corrected chi connectivity index (χ1v) is 5.97. The Hall–Kier alpha value is -1.25. The van der Waals surface area contributed by atoms with Crippen LogP contribution in [0.3, 0.4) is 0 Å². The van der Waals surface area contributed by atoms with Gasteiger partial charge >= 0.3 is 5.63 Å². The Bertz CT molecular complexity index is 379. The molecule has 3 heteroatoms. The van der Waals surface area contributed by atoms with Crippen LogP contribution in [0.15, 0.2) is 15.3 Å². The number of unbranched alkanes of at least 4 members (excludes halogenated alkanes) is 4. The Morgan fingerprint density at radius 3 is 2.62 bits per heavy atom. The van der Waals surface area contributed by atoms with Crippen molar-refractivity contribution in [3.8, 4) is 5.75 Å². The van der Waals surface area contributed by atoms with Crippen molar-refractivity contribution in [2.24, 2.45) is 0 Å². The lowest BCUT2D eigenvalue weighted by Crippen LogP contribution is -2.02. The molecule has 0 aliphatic rings. The molecule has 0 bridgehead atoms. The average Bonchev–Trinajstić information content (AvgIpc) is 2.24. The van der Waals surface area contributed by atoms with Gasteiger partial charge in [-0.2, -0.15) is 0 Å². The third kappa shape index (κ3) is 3.72. The summed E-state index contributed by atoms with van der Waals surface area (Å²) in [5.41, 5.74) is 0.224. The monoisotopic (exact) mass is 224 g/mol. The molecule has 0 amide bonds. The number of aryl methyl sites for hydroxylation is 1. The predicted octanol–water partition coefficient (Wildman–Crippen LogP) is 3.17. The Morgan fingerprint density at radius 2 is 1.94 bits per heavy atom. The molecule has 0 radical (unpaired) electrons. The van der Waals surface area contributed by atoms with Crippen LogP contribution in [0.25, 0.3) is 0 Å². The molecule has 0 saturated heterocycles. The molecule has 0 spiro atoms. The van der Waals surface area contributed by atoms with Gasteiger partial charge in [-0.3, -0.25) is 0 Å². The van der Waals surface area contributed by atoms with Gasteiger partial charge in [0.1, 0.15) is 11.5 Å². The van der Waals surface area contributed by atoms with E-state index in [9.17, 15) is 9.90 Å². The van der Waals surface area contributed by atoms with Gasteiger partial charge in [0, 0.05) is 12.0 Å². The van der Waals surface area contributed by atoms with E-state index in [1.54, 1.807) is 6.92 Å². The molecular formula is C13H20O3. The third-order valence-electron chi connectivity index (χ3n) is 2.79. The van der Waals surface area contributed by atoms with E-state index < -0.39 is 5.63 Å². The molecule has 90 valence electrons.